The van der Waals surface area contributed by atoms with Crippen LogP contribution in [0.15, 0.2) is 15.9 Å². The molecular formula is C13H21BrN2OS. The third-order valence-corrected chi connectivity index (χ3v) is 5.53. The lowest BCUT2D eigenvalue weighted by Crippen LogP contribution is -2.45. The number of halogens is 1. The van der Waals surface area contributed by atoms with Crippen LogP contribution in [-0.4, -0.2) is 35.2 Å². The molecule has 5 heteroatoms. The van der Waals surface area contributed by atoms with Crippen molar-refractivity contribution in [1.82, 2.24) is 4.90 Å². The highest BCUT2D eigenvalue weighted by Crippen LogP contribution is 2.31. The molecule has 102 valence electrons. The van der Waals surface area contributed by atoms with Crippen molar-refractivity contribution >= 4 is 27.3 Å². The first-order chi connectivity index (χ1) is 8.52. The maximum Gasteiger partial charge on any atom is 0.0770 e. The fraction of sp³-hybridized carbons (Fsp3) is 0.692. The Morgan fingerprint density at radius 2 is 2.17 bits per heavy atom. The Bertz CT molecular complexity index is 388. The molecule has 0 aromatic carbocycles. The molecule has 0 spiro atoms. The van der Waals surface area contributed by atoms with Crippen LogP contribution < -0.4 is 5.73 Å². The molecule has 1 aliphatic carbocycles. The molecule has 3 nitrogen and oxygen atoms in total. The van der Waals surface area contributed by atoms with E-state index in [-0.39, 0.29) is 0 Å². The lowest BCUT2D eigenvalue weighted by Gasteiger charge is -2.38. The lowest BCUT2D eigenvalue weighted by atomic mass is 9.82. The minimum Gasteiger partial charge on any atom is -0.389 e. The van der Waals surface area contributed by atoms with E-state index in [1.54, 1.807) is 11.3 Å². The van der Waals surface area contributed by atoms with E-state index in [1.807, 2.05) is 0 Å². The van der Waals surface area contributed by atoms with Gasteiger partial charge in [0.25, 0.3) is 0 Å². The summed E-state index contributed by atoms with van der Waals surface area (Å²) < 4.78 is 1.19. The minimum atomic E-state index is -0.608. The molecule has 0 radical (unpaired) electrons. The van der Waals surface area contributed by atoms with Gasteiger partial charge in [0.05, 0.1) is 9.39 Å². The molecule has 1 aliphatic rings. The second-order valence-electron chi connectivity index (χ2n) is 5.28. The van der Waals surface area contributed by atoms with Gasteiger partial charge in [0.1, 0.15) is 0 Å². The monoisotopic (exact) mass is 332 g/mol. The molecule has 1 aromatic heterocycles. The van der Waals surface area contributed by atoms with Gasteiger partial charge in [-0.3, -0.25) is 4.90 Å². The van der Waals surface area contributed by atoms with Gasteiger partial charge >= 0.3 is 0 Å². The Morgan fingerprint density at radius 1 is 1.50 bits per heavy atom. The molecule has 0 amide bonds. The van der Waals surface area contributed by atoms with Crippen LogP contribution in [0, 0.1) is 0 Å². The van der Waals surface area contributed by atoms with Crippen LogP contribution in [0.1, 0.15) is 30.6 Å². The molecule has 0 unspecified atom stereocenters. The van der Waals surface area contributed by atoms with E-state index in [0.717, 1.165) is 32.2 Å². The van der Waals surface area contributed by atoms with E-state index in [9.17, 15) is 5.11 Å². The zero-order valence-electron chi connectivity index (χ0n) is 10.7. The summed E-state index contributed by atoms with van der Waals surface area (Å²) in [6.45, 7) is 1.38. The molecule has 0 saturated heterocycles. The summed E-state index contributed by atoms with van der Waals surface area (Å²) in [5.41, 5.74) is 5.01. The Morgan fingerprint density at radius 3 is 2.67 bits per heavy atom. The number of hydrogen-bond donors (Lipinski definition) is 2. The van der Waals surface area contributed by atoms with Crippen LogP contribution >= 0.6 is 27.3 Å². The maximum absolute atomic E-state index is 10.1. The summed E-state index contributed by atoms with van der Waals surface area (Å²) >= 11 is 5.29. The van der Waals surface area contributed by atoms with Crippen LogP contribution in [0.2, 0.25) is 0 Å². The van der Waals surface area contributed by atoms with Crippen molar-refractivity contribution < 1.29 is 5.11 Å². The van der Waals surface area contributed by atoms with E-state index in [1.165, 1.54) is 8.66 Å². The summed E-state index contributed by atoms with van der Waals surface area (Å²) in [4.78, 5) is 3.78. The highest BCUT2D eigenvalue weighted by molar-refractivity contribution is 9.11. The standard InChI is InChI=1S/C13H21BrN2OS/c1-16(8-11-2-3-12(14)18-11)10-4-6-13(17,9-15)7-5-10/h2-3,10,17H,4-9,15H2,1H3. The van der Waals surface area contributed by atoms with Gasteiger partial charge in [-0.05, 0) is 60.8 Å². The molecular weight excluding hydrogens is 312 g/mol. The first kappa shape index (κ1) is 14.5. The molecule has 1 saturated carbocycles. The highest BCUT2D eigenvalue weighted by atomic mass is 79.9. The molecule has 0 bridgehead atoms. The fourth-order valence-corrected chi connectivity index (χ4v) is 4.14. The van der Waals surface area contributed by atoms with Gasteiger partial charge in [-0.15, -0.1) is 11.3 Å². The van der Waals surface area contributed by atoms with Crippen molar-refractivity contribution in [3.8, 4) is 0 Å². The van der Waals surface area contributed by atoms with Gasteiger partial charge < -0.3 is 10.8 Å². The van der Waals surface area contributed by atoms with E-state index in [0.29, 0.717) is 12.6 Å². The Balaban J connectivity index is 1.86. The minimum absolute atomic E-state index is 0.390. The lowest BCUT2D eigenvalue weighted by molar-refractivity contribution is -0.0103. The Hall–Kier alpha value is 0.0600. The molecule has 0 atom stereocenters. The van der Waals surface area contributed by atoms with Crippen molar-refractivity contribution in [2.24, 2.45) is 5.73 Å². The van der Waals surface area contributed by atoms with Crippen LogP contribution in [0.5, 0.6) is 0 Å². The topological polar surface area (TPSA) is 49.5 Å². The van der Waals surface area contributed by atoms with Gasteiger partial charge in [0.15, 0.2) is 0 Å². The molecule has 1 aromatic rings. The normalized spacial score (nSPS) is 28.8. The number of nitrogens with two attached hydrogens (primary N) is 1. The van der Waals surface area contributed by atoms with Gasteiger partial charge in [-0.1, -0.05) is 0 Å². The third kappa shape index (κ3) is 3.54. The molecule has 2 rings (SSSR count). The highest BCUT2D eigenvalue weighted by Gasteiger charge is 2.33. The van der Waals surface area contributed by atoms with Gasteiger partial charge in [0, 0.05) is 24.0 Å². The summed E-state index contributed by atoms with van der Waals surface area (Å²) in [6.07, 6.45) is 3.73. The van der Waals surface area contributed by atoms with E-state index in [4.69, 9.17) is 5.73 Å². The van der Waals surface area contributed by atoms with Crippen molar-refractivity contribution in [2.75, 3.05) is 13.6 Å². The van der Waals surface area contributed by atoms with Crippen LogP contribution in [-0.2, 0) is 6.54 Å². The fourth-order valence-electron chi connectivity index (χ4n) is 2.60. The summed E-state index contributed by atoms with van der Waals surface area (Å²) in [7, 11) is 2.17. The quantitative estimate of drug-likeness (QED) is 0.890. The first-order valence-corrected chi connectivity index (χ1v) is 8.00. The van der Waals surface area contributed by atoms with Gasteiger partial charge in [-0.25, -0.2) is 0 Å². The summed E-state index contributed by atoms with van der Waals surface area (Å²) in [5.74, 6) is 0. The number of thiophene rings is 1. The SMILES string of the molecule is CN(Cc1ccc(Br)s1)C1CCC(O)(CN)CC1. The Labute approximate surface area is 121 Å². The van der Waals surface area contributed by atoms with Crippen LogP contribution in [0.4, 0.5) is 0 Å². The second-order valence-corrected chi connectivity index (χ2v) is 7.83. The average molecular weight is 333 g/mol. The predicted octanol–water partition coefficient (Wildman–Crippen LogP) is 2.57. The smallest absolute Gasteiger partial charge is 0.0770 e. The number of rotatable bonds is 4. The number of aliphatic hydroxyl groups is 1. The molecule has 18 heavy (non-hydrogen) atoms. The zero-order valence-corrected chi connectivity index (χ0v) is 13.1. The number of nitrogens with zero attached hydrogens (tertiary/aromatic N) is 1. The second kappa shape index (κ2) is 6.01. The van der Waals surface area contributed by atoms with E-state index < -0.39 is 5.60 Å². The summed E-state index contributed by atoms with van der Waals surface area (Å²) in [6, 6.07) is 4.84. The van der Waals surface area contributed by atoms with Crippen LogP contribution in [0.25, 0.3) is 0 Å². The first-order valence-electron chi connectivity index (χ1n) is 6.39. The Kier molecular flexibility index (Phi) is 4.83. The van der Waals surface area contributed by atoms with Crippen molar-refractivity contribution in [1.29, 1.82) is 0 Å². The van der Waals surface area contributed by atoms with Gasteiger partial charge in [-0.2, -0.15) is 0 Å². The van der Waals surface area contributed by atoms with Gasteiger partial charge in [0.2, 0.25) is 0 Å². The molecule has 1 fully saturated rings. The largest absolute Gasteiger partial charge is 0.389 e. The maximum atomic E-state index is 10.1. The predicted molar refractivity (Wildman–Crippen MR) is 79.7 cm³/mol. The average Bonchev–Trinajstić information content (AvgIpc) is 2.75. The van der Waals surface area contributed by atoms with E-state index >= 15 is 0 Å². The zero-order chi connectivity index (χ0) is 13.2. The van der Waals surface area contributed by atoms with Crippen molar-refractivity contribution in [3.63, 3.8) is 0 Å². The van der Waals surface area contributed by atoms with Crippen LogP contribution in [0.3, 0.4) is 0 Å². The molecule has 1 heterocycles. The van der Waals surface area contributed by atoms with Crippen molar-refractivity contribution in [2.45, 2.75) is 43.9 Å². The van der Waals surface area contributed by atoms with Crippen molar-refractivity contribution in [3.05, 3.63) is 20.8 Å². The number of hydrogen-bond acceptors (Lipinski definition) is 4. The molecule has 0 aliphatic heterocycles. The molecule has 3 N–H and O–H groups in total. The third-order valence-electron chi connectivity index (χ3n) is 3.92. The van der Waals surface area contributed by atoms with E-state index in [2.05, 4.69) is 40.0 Å². The summed E-state index contributed by atoms with van der Waals surface area (Å²) in [5, 5.41) is 10.1.